The molecule has 0 saturated carbocycles. The average Bonchev–Trinajstić information content (AvgIpc) is 3.59. The lowest BCUT2D eigenvalue weighted by Gasteiger charge is -2.39. The molecule has 3 saturated heterocycles. The molecule has 1 spiro atoms. The fourth-order valence-electron chi connectivity index (χ4n) is 7.39. The van der Waals surface area contributed by atoms with Crippen molar-refractivity contribution in [1.29, 1.82) is 0 Å². The van der Waals surface area contributed by atoms with Crippen LogP contribution >= 0.6 is 15.9 Å². The molecule has 8 nitrogen and oxygen atoms in total. The molecule has 3 aliphatic rings. The van der Waals surface area contributed by atoms with E-state index in [1.54, 1.807) is 28.9 Å². The van der Waals surface area contributed by atoms with Crippen LogP contribution in [0.5, 0.6) is 0 Å². The molecule has 0 aliphatic carbocycles. The standard InChI is InChI=1S/C34H40BrN3O5/c1-6-16-36(19-24-14-9-8-10-15-24)31(40)26-27-32(41)38(23(5)20-39)30(34(27)18-25(35)29(26)43-34)33(42)37(17-7-2)28-21(3)12-11-13-22(28)4/h6-15,23,25-27,29-30,39H,1-2,16-20H2,3-5H3/t23-,25?,26+,27+,29+,30?,34?/m1/s1. The maximum atomic E-state index is 14.8. The van der Waals surface area contributed by atoms with E-state index in [0.29, 0.717) is 19.5 Å². The van der Waals surface area contributed by atoms with Crippen molar-refractivity contribution < 1.29 is 24.2 Å². The van der Waals surface area contributed by atoms with E-state index in [-0.39, 0.29) is 35.7 Å². The highest BCUT2D eigenvalue weighted by Gasteiger charge is 2.77. The Kier molecular flexibility index (Phi) is 8.97. The van der Waals surface area contributed by atoms with Crippen LogP contribution in [0.3, 0.4) is 0 Å². The Morgan fingerprint density at radius 1 is 1.09 bits per heavy atom. The number of aliphatic hydroxyl groups excluding tert-OH is 1. The first-order valence-corrected chi connectivity index (χ1v) is 15.7. The van der Waals surface area contributed by atoms with E-state index in [2.05, 4.69) is 29.1 Å². The van der Waals surface area contributed by atoms with Gasteiger partial charge in [-0.3, -0.25) is 14.4 Å². The molecule has 3 heterocycles. The Morgan fingerprint density at radius 3 is 2.35 bits per heavy atom. The van der Waals surface area contributed by atoms with Crippen molar-refractivity contribution >= 4 is 39.3 Å². The zero-order chi connectivity index (χ0) is 31.1. The van der Waals surface area contributed by atoms with E-state index in [4.69, 9.17) is 4.74 Å². The second-order valence-electron chi connectivity index (χ2n) is 11.9. The number of ether oxygens (including phenoxy) is 1. The van der Waals surface area contributed by atoms with Gasteiger partial charge >= 0.3 is 0 Å². The predicted octanol–water partition coefficient (Wildman–Crippen LogP) is 4.17. The number of anilines is 1. The second kappa shape index (κ2) is 12.4. The van der Waals surface area contributed by atoms with Gasteiger partial charge < -0.3 is 24.5 Å². The van der Waals surface area contributed by atoms with Crippen LogP contribution in [0.2, 0.25) is 0 Å². The number of rotatable bonds is 11. The topological polar surface area (TPSA) is 90.4 Å². The van der Waals surface area contributed by atoms with Gasteiger partial charge in [-0.2, -0.15) is 0 Å². The number of nitrogens with zero attached hydrogens (tertiary/aromatic N) is 3. The smallest absolute Gasteiger partial charge is 0.253 e. The van der Waals surface area contributed by atoms with Gasteiger partial charge in [0.15, 0.2) is 0 Å². The number of hydrogen-bond donors (Lipinski definition) is 1. The fourth-order valence-corrected chi connectivity index (χ4v) is 8.34. The molecule has 3 fully saturated rings. The maximum absolute atomic E-state index is 14.8. The Labute approximate surface area is 262 Å². The normalized spacial score (nSPS) is 28.0. The first-order chi connectivity index (χ1) is 20.6. The molecule has 3 amide bonds. The lowest BCUT2D eigenvalue weighted by atomic mass is 9.70. The number of aryl methyl sites for hydroxylation is 2. The van der Waals surface area contributed by atoms with E-state index in [1.165, 1.54) is 4.90 Å². The fraction of sp³-hybridized carbons (Fsp3) is 0.441. The van der Waals surface area contributed by atoms with Gasteiger partial charge in [-0.25, -0.2) is 0 Å². The zero-order valence-corrected chi connectivity index (χ0v) is 26.6. The molecule has 2 bridgehead atoms. The van der Waals surface area contributed by atoms with Crippen LogP contribution in [0.1, 0.15) is 30.0 Å². The van der Waals surface area contributed by atoms with E-state index in [0.717, 1.165) is 22.4 Å². The number of para-hydroxylation sites is 1. The number of carbonyl (C=O) groups excluding carboxylic acids is 3. The number of benzene rings is 2. The molecule has 9 heteroatoms. The van der Waals surface area contributed by atoms with E-state index >= 15 is 0 Å². The number of hydrogen-bond acceptors (Lipinski definition) is 5. The molecular formula is C34H40BrN3O5. The van der Waals surface area contributed by atoms with Crippen LogP contribution in [-0.2, 0) is 25.7 Å². The van der Waals surface area contributed by atoms with Crippen LogP contribution < -0.4 is 4.90 Å². The van der Waals surface area contributed by atoms with Gasteiger partial charge in [0.1, 0.15) is 11.6 Å². The minimum Gasteiger partial charge on any atom is -0.394 e. The third-order valence-electron chi connectivity index (χ3n) is 9.15. The minimum absolute atomic E-state index is 0.208. The van der Waals surface area contributed by atoms with Crippen LogP contribution in [0.4, 0.5) is 5.69 Å². The van der Waals surface area contributed by atoms with Gasteiger partial charge in [0, 0.05) is 30.1 Å². The number of fused-ring (bicyclic) bond motifs is 1. The first kappa shape index (κ1) is 31.2. The lowest BCUT2D eigenvalue weighted by molar-refractivity contribution is -0.147. The summed E-state index contributed by atoms with van der Waals surface area (Å²) in [5, 5.41) is 10.3. The zero-order valence-electron chi connectivity index (χ0n) is 25.0. The molecule has 7 atom stereocenters. The molecule has 2 aromatic carbocycles. The highest BCUT2D eigenvalue weighted by Crippen LogP contribution is 2.61. The molecule has 3 aliphatic heterocycles. The van der Waals surface area contributed by atoms with E-state index in [9.17, 15) is 19.5 Å². The quantitative estimate of drug-likeness (QED) is 0.292. The van der Waals surface area contributed by atoms with Crippen LogP contribution in [-0.4, -0.2) is 80.9 Å². The SMILES string of the molecule is C=CCN(Cc1ccccc1)C(=O)[C@H]1[C@H]2C(=O)N([C@H](C)CO)C(C(=O)N(CC=C)c3c(C)cccc3C)C23CC(Br)[C@@H]1O3. The maximum Gasteiger partial charge on any atom is 0.253 e. The van der Waals surface area contributed by atoms with Gasteiger partial charge in [0.2, 0.25) is 11.8 Å². The van der Waals surface area contributed by atoms with Crippen molar-refractivity contribution in [3.8, 4) is 0 Å². The van der Waals surface area contributed by atoms with Crippen molar-refractivity contribution in [3.63, 3.8) is 0 Å². The van der Waals surface area contributed by atoms with Crippen molar-refractivity contribution in [2.45, 2.75) is 62.4 Å². The first-order valence-electron chi connectivity index (χ1n) is 14.8. The molecule has 3 unspecified atom stereocenters. The Balaban J connectivity index is 1.59. The van der Waals surface area contributed by atoms with E-state index < -0.39 is 35.6 Å². The molecule has 0 radical (unpaired) electrons. The monoisotopic (exact) mass is 649 g/mol. The Hall–Kier alpha value is -3.27. The summed E-state index contributed by atoms with van der Waals surface area (Å²) in [5.74, 6) is -2.52. The highest BCUT2D eigenvalue weighted by atomic mass is 79.9. The number of alkyl halides is 1. The molecule has 43 heavy (non-hydrogen) atoms. The average molecular weight is 651 g/mol. The summed E-state index contributed by atoms with van der Waals surface area (Å²) in [6, 6.07) is 13.8. The molecule has 0 aromatic heterocycles. The summed E-state index contributed by atoms with van der Waals surface area (Å²) in [5.41, 5.74) is 2.31. The minimum atomic E-state index is -1.24. The second-order valence-corrected chi connectivity index (χ2v) is 13.1. The molecular weight excluding hydrogens is 610 g/mol. The van der Waals surface area contributed by atoms with Crippen molar-refractivity contribution in [1.82, 2.24) is 9.80 Å². The number of halogens is 1. The number of aliphatic hydroxyl groups is 1. The summed E-state index contributed by atoms with van der Waals surface area (Å²) >= 11 is 3.76. The van der Waals surface area contributed by atoms with E-state index in [1.807, 2.05) is 62.4 Å². The number of likely N-dealkylation sites (tertiary alicyclic amines) is 1. The highest BCUT2D eigenvalue weighted by molar-refractivity contribution is 9.09. The van der Waals surface area contributed by atoms with Gasteiger partial charge in [-0.15, -0.1) is 13.2 Å². The summed E-state index contributed by atoms with van der Waals surface area (Å²) in [6.45, 7) is 13.9. The third-order valence-corrected chi connectivity index (χ3v) is 9.99. The molecule has 5 rings (SSSR count). The Morgan fingerprint density at radius 2 is 1.74 bits per heavy atom. The molecule has 2 aromatic rings. The summed E-state index contributed by atoms with van der Waals surface area (Å²) < 4.78 is 6.72. The largest absolute Gasteiger partial charge is 0.394 e. The Bertz CT molecular complexity index is 1400. The van der Waals surface area contributed by atoms with Crippen LogP contribution in [0.25, 0.3) is 0 Å². The van der Waals surface area contributed by atoms with Gasteiger partial charge in [0.05, 0.1) is 30.6 Å². The summed E-state index contributed by atoms with van der Waals surface area (Å²) in [7, 11) is 0. The summed E-state index contributed by atoms with van der Waals surface area (Å²) in [4.78, 5) is 48.2. The van der Waals surface area contributed by atoms with Gasteiger partial charge in [-0.1, -0.05) is 76.6 Å². The summed E-state index contributed by atoms with van der Waals surface area (Å²) in [6.07, 6.45) is 3.15. The van der Waals surface area contributed by atoms with Gasteiger partial charge in [-0.05, 0) is 43.9 Å². The van der Waals surface area contributed by atoms with Crippen molar-refractivity contribution in [3.05, 3.63) is 90.5 Å². The van der Waals surface area contributed by atoms with Crippen LogP contribution in [0.15, 0.2) is 73.8 Å². The van der Waals surface area contributed by atoms with Crippen LogP contribution in [0, 0.1) is 25.7 Å². The number of amides is 3. The van der Waals surface area contributed by atoms with Crippen molar-refractivity contribution in [2.24, 2.45) is 11.8 Å². The predicted molar refractivity (Wildman–Crippen MR) is 170 cm³/mol. The lowest BCUT2D eigenvalue weighted by Crippen LogP contribution is -2.59. The number of carbonyl (C=O) groups is 3. The third kappa shape index (κ3) is 5.15. The van der Waals surface area contributed by atoms with Gasteiger partial charge in [0.25, 0.3) is 5.91 Å². The molecule has 228 valence electrons. The van der Waals surface area contributed by atoms with Crippen molar-refractivity contribution in [2.75, 3.05) is 24.6 Å². The molecule has 1 N–H and O–H groups in total.